The van der Waals surface area contributed by atoms with E-state index in [2.05, 4.69) is 16.8 Å². The van der Waals surface area contributed by atoms with Crippen LogP contribution in [0.25, 0.3) is 0 Å². The number of nitro groups is 1. The fourth-order valence-corrected chi connectivity index (χ4v) is 3.15. The van der Waals surface area contributed by atoms with Crippen molar-refractivity contribution >= 4 is 23.0 Å². The lowest BCUT2D eigenvalue weighted by atomic mass is 10.1. The predicted molar refractivity (Wildman–Crippen MR) is 106 cm³/mol. The highest BCUT2D eigenvalue weighted by atomic mass is 19.1. The van der Waals surface area contributed by atoms with Crippen LogP contribution in [0.4, 0.5) is 21.5 Å². The van der Waals surface area contributed by atoms with E-state index in [0.29, 0.717) is 44.0 Å². The third kappa shape index (κ3) is 4.28. The zero-order valence-corrected chi connectivity index (χ0v) is 15.3. The number of piperazine rings is 1. The molecule has 7 nitrogen and oxygen atoms in total. The van der Waals surface area contributed by atoms with Crippen molar-refractivity contribution < 1.29 is 14.1 Å². The van der Waals surface area contributed by atoms with Crippen molar-refractivity contribution in [2.45, 2.75) is 0 Å². The van der Waals surface area contributed by atoms with E-state index < -0.39 is 4.92 Å². The molecule has 146 valence electrons. The van der Waals surface area contributed by atoms with Crippen LogP contribution in [0, 0.1) is 15.9 Å². The first-order valence-electron chi connectivity index (χ1n) is 8.92. The minimum absolute atomic E-state index is 0.00993. The highest BCUT2D eigenvalue weighted by molar-refractivity contribution is 5.94. The molecule has 1 amide bonds. The lowest BCUT2D eigenvalue weighted by Crippen LogP contribution is -2.48. The van der Waals surface area contributed by atoms with Crippen LogP contribution in [-0.2, 0) is 0 Å². The average molecular weight is 384 g/mol. The summed E-state index contributed by atoms with van der Waals surface area (Å²) in [7, 11) is 0. The fraction of sp³-hybridized carbons (Fsp3) is 0.250. The Morgan fingerprint density at radius 2 is 1.86 bits per heavy atom. The number of rotatable bonds is 6. The minimum Gasteiger partial charge on any atom is -0.376 e. The SMILES string of the molecule is C=CCNc1cc(N2CCN(C(=O)c3ccc(F)cc3)CC2)ccc1[N+](=O)[O-]. The largest absolute Gasteiger partial charge is 0.376 e. The maximum absolute atomic E-state index is 13.0. The van der Waals surface area contributed by atoms with E-state index in [4.69, 9.17) is 0 Å². The maximum atomic E-state index is 13.0. The topological polar surface area (TPSA) is 78.7 Å². The van der Waals surface area contributed by atoms with Gasteiger partial charge in [0, 0.05) is 50.0 Å². The summed E-state index contributed by atoms with van der Waals surface area (Å²) in [4.78, 5) is 27.1. The van der Waals surface area contributed by atoms with Gasteiger partial charge in [-0.2, -0.15) is 0 Å². The normalized spacial score (nSPS) is 13.9. The third-order valence-electron chi connectivity index (χ3n) is 4.64. The maximum Gasteiger partial charge on any atom is 0.292 e. The fourth-order valence-electron chi connectivity index (χ4n) is 3.15. The lowest BCUT2D eigenvalue weighted by Gasteiger charge is -2.36. The van der Waals surface area contributed by atoms with Gasteiger partial charge < -0.3 is 15.1 Å². The van der Waals surface area contributed by atoms with Crippen molar-refractivity contribution in [3.63, 3.8) is 0 Å². The summed E-state index contributed by atoms with van der Waals surface area (Å²) < 4.78 is 13.0. The second-order valence-corrected chi connectivity index (χ2v) is 6.41. The Kier molecular flexibility index (Phi) is 5.88. The van der Waals surface area contributed by atoms with Gasteiger partial charge >= 0.3 is 0 Å². The monoisotopic (exact) mass is 384 g/mol. The Bertz CT molecular complexity index is 878. The summed E-state index contributed by atoms with van der Waals surface area (Å²) in [6, 6.07) is 10.5. The molecule has 2 aromatic carbocycles. The van der Waals surface area contributed by atoms with Crippen LogP contribution in [0.1, 0.15) is 10.4 Å². The van der Waals surface area contributed by atoms with E-state index >= 15 is 0 Å². The zero-order valence-electron chi connectivity index (χ0n) is 15.3. The molecule has 3 rings (SSSR count). The van der Waals surface area contributed by atoms with Crippen molar-refractivity contribution in [1.82, 2.24) is 4.90 Å². The van der Waals surface area contributed by atoms with Gasteiger partial charge in [0.05, 0.1) is 4.92 Å². The van der Waals surface area contributed by atoms with Crippen LogP contribution in [0.3, 0.4) is 0 Å². The molecule has 1 saturated heterocycles. The van der Waals surface area contributed by atoms with Crippen LogP contribution in [-0.4, -0.2) is 48.5 Å². The van der Waals surface area contributed by atoms with Crippen LogP contribution in [0.5, 0.6) is 0 Å². The summed E-state index contributed by atoms with van der Waals surface area (Å²) in [6.07, 6.45) is 1.64. The molecule has 1 aliphatic rings. The summed E-state index contributed by atoms with van der Waals surface area (Å²) in [5.74, 6) is -0.503. The molecule has 8 heteroatoms. The molecular weight excluding hydrogens is 363 g/mol. The van der Waals surface area contributed by atoms with E-state index in [1.165, 1.54) is 30.3 Å². The Morgan fingerprint density at radius 1 is 1.18 bits per heavy atom. The van der Waals surface area contributed by atoms with Crippen molar-refractivity contribution in [2.75, 3.05) is 42.9 Å². The summed E-state index contributed by atoms with van der Waals surface area (Å²) in [5, 5.41) is 14.2. The second-order valence-electron chi connectivity index (χ2n) is 6.41. The van der Waals surface area contributed by atoms with E-state index in [0.717, 1.165) is 5.69 Å². The molecule has 0 bridgehead atoms. The number of halogens is 1. The number of amides is 1. The number of hydrogen-bond donors (Lipinski definition) is 1. The molecule has 0 saturated carbocycles. The van der Waals surface area contributed by atoms with Crippen molar-refractivity contribution in [1.29, 1.82) is 0 Å². The molecule has 0 unspecified atom stereocenters. The Labute approximate surface area is 162 Å². The number of carbonyl (C=O) groups is 1. The molecular formula is C20H21FN4O3. The summed E-state index contributed by atoms with van der Waals surface area (Å²) >= 11 is 0. The molecule has 0 aliphatic carbocycles. The number of anilines is 2. The summed E-state index contributed by atoms with van der Waals surface area (Å²) in [6.45, 7) is 6.28. The van der Waals surface area contributed by atoms with E-state index in [1.54, 1.807) is 23.1 Å². The molecule has 1 aliphatic heterocycles. The van der Waals surface area contributed by atoms with E-state index in [-0.39, 0.29) is 17.4 Å². The molecule has 0 radical (unpaired) electrons. The molecule has 0 atom stereocenters. The number of benzene rings is 2. The number of nitrogens with zero attached hydrogens (tertiary/aromatic N) is 3. The van der Waals surface area contributed by atoms with E-state index in [1.807, 2.05) is 0 Å². The van der Waals surface area contributed by atoms with Gasteiger partial charge in [-0.1, -0.05) is 6.08 Å². The lowest BCUT2D eigenvalue weighted by molar-refractivity contribution is -0.383. The molecule has 1 heterocycles. The Hall–Kier alpha value is -3.42. The minimum atomic E-state index is -0.422. The van der Waals surface area contributed by atoms with E-state index in [9.17, 15) is 19.3 Å². The number of hydrogen-bond acceptors (Lipinski definition) is 5. The van der Waals surface area contributed by atoms with Crippen molar-refractivity contribution in [3.8, 4) is 0 Å². The first kappa shape index (κ1) is 19.3. The van der Waals surface area contributed by atoms with Crippen LogP contribution in [0.2, 0.25) is 0 Å². The van der Waals surface area contributed by atoms with Gasteiger partial charge in [0.25, 0.3) is 11.6 Å². The molecule has 1 N–H and O–H groups in total. The highest BCUT2D eigenvalue weighted by Gasteiger charge is 2.23. The number of nitro benzene ring substituents is 1. The van der Waals surface area contributed by atoms with Gasteiger partial charge in [-0.05, 0) is 36.4 Å². The van der Waals surface area contributed by atoms with Crippen molar-refractivity contribution in [2.24, 2.45) is 0 Å². The number of carbonyl (C=O) groups excluding carboxylic acids is 1. The van der Waals surface area contributed by atoms with Gasteiger partial charge in [-0.15, -0.1) is 6.58 Å². The number of nitrogens with one attached hydrogen (secondary N) is 1. The van der Waals surface area contributed by atoms with Gasteiger partial charge in [0.2, 0.25) is 0 Å². The third-order valence-corrected chi connectivity index (χ3v) is 4.64. The van der Waals surface area contributed by atoms with Gasteiger partial charge in [0.15, 0.2) is 0 Å². The molecule has 0 aromatic heterocycles. The molecule has 0 spiro atoms. The van der Waals surface area contributed by atoms with Crippen LogP contribution < -0.4 is 10.2 Å². The van der Waals surface area contributed by atoms with Gasteiger partial charge in [0.1, 0.15) is 11.5 Å². The van der Waals surface area contributed by atoms with Crippen LogP contribution >= 0.6 is 0 Å². The second kappa shape index (κ2) is 8.51. The summed E-state index contributed by atoms with van der Waals surface area (Å²) in [5.41, 5.74) is 1.76. The standard InChI is InChI=1S/C20H21FN4O3/c1-2-9-22-18-14-17(7-8-19(18)25(27)28)23-10-12-24(13-11-23)20(26)15-3-5-16(21)6-4-15/h2-8,14,22H,1,9-13H2. The zero-order chi connectivity index (χ0) is 20.1. The van der Waals surface area contributed by atoms with Gasteiger partial charge in [-0.25, -0.2) is 4.39 Å². The average Bonchev–Trinajstić information content (AvgIpc) is 2.72. The quantitative estimate of drug-likeness (QED) is 0.470. The highest BCUT2D eigenvalue weighted by Crippen LogP contribution is 2.30. The molecule has 2 aromatic rings. The Morgan fingerprint density at radius 3 is 2.46 bits per heavy atom. The van der Waals surface area contributed by atoms with Crippen molar-refractivity contribution in [3.05, 3.63) is 76.6 Å². The Balaban J connectivity index is 1.68. The van der Waals surface area contributed by atoms with Crippen LogP contribution in [0.15, 0.2) is 55.1 Å². The smallest absolute Gasteiger partial charge is 0.292 e. The molecule has 1 fully saturated rings. The first-order chi connectivity index (χ1) is 13.5. The van der Waals surface area contributed by atoms with Gasteiger partial charge in [-0.3, -0.25) is 14.9 Å². The first-order valence-corrected chi connectivity index (χ1v) is 8.92. The molecule has 28 heavy (non-hydrogen) atoms. The predicted octanol–water partition coefficient (Wildman–Crippen LogP) is 3.29.